The molecule has 1 aromatic carbocycles. The van der Waals surface area contributed by atoms with Gasteiger partial charge in [0.2, 0.25) is 5.91 Å². The summed E-state index contributed by atoms with van der Waals surface area (Å²) in [5.41, 5.74) is 2.64. The first-order valence-electron chi connectivity index (χ1n) is 10.1. The number of thiazole rings is 1. The fourth-order valence-corrected chi connectivity index (χ4v) is 4.85. The number of thioether (sulfide) groups is 1. The molecule has 2 atom stereocenters. The molecule has 4 rings (SSSR count). The third-order valence-corrected chi connectivity index (χ3v) is 6.89. The van der Waals surface area contributed by atoms with E-state index in [-0.39, 0.29) is 24.0 Å². The van der Waals surface area contributed by atoms with Crippen molar-refractivity contribution in [2.75, 3.05) is 20.6 Å². The molecule has 172 valence electrons. The summed E-state index contributed by atoms with van der Waals surface area (Å²) in [5.74, 6) is -1.28. The van der Waals surface area contributed by atoms with Crippen molar-refractivity contribution in [2.24, 2.45) is 5.92 Å². The predicted octanol–water partition coefficient (Wildman–Crippen LogP) is 3.10. The molecule has 2 aromatic heterocycles. The van der Waals surface area contributed by atoms with Gasteiger partial charge in [-0.05, 0) is 17.7 Å². The van der Waals surface area contributed by atoms with Crippen molar-refractivity contribution in [2.45, 2.75) is 23.8 Å². The minimum Gasteiger partial charge on any atom is -0.330 e. The molecule has 12 heteroatoms. The summed E-state index contributed by atoms with van der Waals surface area (Å²) in [7, 11) is 3.16. The number of hydrogen-bond donors (Lipinski definition) is 0. The number of urea groups is 1. The van der Waals surface area contributed by atoms with Crippen molar-refractivity contribution < 1.29 is 18.8 Å². The molecule has 9 nitrogen and oxygen atoms in total. The average Bonchev–Trinajstić information content (AvgIpc) is 3.53. The van der Waals surface area contributed by atoms with Crippen LogP contribution in [0.4, 0.5) is 9.18 Å². The normalized spacial score (nSPS) is 18.1. The van der Waals surface area contributed by atoms with Gasteiger partial charge in [-0.15, -0.1) is 16.4 Å². The molecule has 0 radical (unpaired) electrons. The highest BCUT2D eigenvalue weighted by Crippen LogP contribution is 2.34. The van der Waals surface area contributed by atoms with Crippen molar-refractivity contribution in [1.29, 1.82) is 0 Å². The van der Waals surface area contributed by atoms with Crippen LogP contribution in [0.3, 0.4) is 0 Å². The van der Waals surface area contributed by atoms with Gasteiger partial charge in [-0.3, -0.25) is 14.5 Å². The number of hydrogen-bond acceptors (Lipinski definition) is 8. The van der Waals surface area contributed by atoms with Gasteiger partial charge in [-0.2, -0.15) is 4.68 Å². The summed E-state index contributed by atoms with van der Waals surface area (Å²) in [4.78, 5) is 49.3. The van der Waals surface area contributed by atoms with E-state index in [1.54, 1.807) is 44.0 Å². The van der Waals surface area contributed by atoms with Crippen LogP contribution < -0.4 is 0 Å². The fourth-order valence-electron chi connectivity index (χ4n) is 3.43. The highest BCUT2D eigenvalue weighted by Gasteiger charge is 2.44. The molecule has 3 heterocycles. The average molecular weight is 489 g/mol. The summed E-state index contributed by atoms with van der Waals surface area (Å²) in [6.45, 7) is 1.86. The molecule has 1 saturated heterocycles. The van der Waals surface area contributed by atoms with Gasteiger partial charge >= 0.3 is 6.03 Å². The van der Waals surface area contributed by atoms with E-state index in [1.165, 1.54) is 49.7 Å². The summed E-state index contributed by atoms with van der Waals surface area (Å²) >= 11 is 2.56. The van der Waals surface area contributed by atoms with E-state index in [4.69, 9.17) is 0 Å². The maximum absolute atomic E-state index is 13.2. The van der Waals surface area contributed by atoms with Gasteiger partial charge in [0.05, 0.1) is 11.4 Å². The van der Waals surface area contributed by atoms with Crippen molar-refractivity contribution in [3.05, 3.63) is 58.1 Å². The zero-order valence-electron chi connectivity index (χ0n) is 18.1. The lowest BCUT2D eigenvalue weighted by atomic mass is 9.97. The topological polar surface area (TPSA) is 101 Å². The van der Waals surface area contributed by atoms with Crippen LogP contribution in [0.15, 0.2) is 40.3 Å². The number of aromatic nitrogens is 4. The van der Waals surface area contributed by atoms with Crippen LogP contribution >= 0.6 is 23.1 Å². The van der Waals surface area contributed by atoms with E-state index in [0.29, 0.717) is 16.7 Å². The van der Waals surface area contributed by atoms with Gasteiger partial charge in [0.1, 0.15) is 11.5 Å². The molecule has 3 amide bonds. The predicted molar refractivity (Wildman–Crippen MR) is 121 cm³/mol. The molecule has 0 aliphatic carbocycles. The Morgan fingerprint density at radius 3 is 2.64 bits per heavy atom. The second-order valence-corrected chi connectivity index (χ2v) is 9.44. The van der Waals surface area contributed by atoms with E-state index in [1.807, 2.05) is 0 Å². The molecular formula is C21H21FN6O3S2. The number of nitrogens with zero attached hydrogens (tertiary/aromatic N) is 6. The number of halogens is 1. The maximum Gasteiger partial charge on any atom is 0.326 e. The van der Waals surface area contributed by atoms with Crippen LogP contribution in [0.2, 0.25) is 0 Å². The van der Waals surface area contributed by atoms with Crippen LogP contribution in [0.25, 0.3) is 0 Å². The number of imide groups is 1. The van der Waals surface area contributed by atoms with Gasteiger partial charge in [0, 0.05) is 37.7 Å². The van der Waals surface area contributed by atoms with Gasteiger partial charge in [-0.25, -0.2) is 19.2 Å². The quantitative estimate of drug-likeness (QED) is 0.509. The summed E-state index contributed by atoms with van der Waals surface area (Å²) in [6.07, 6.45) is 0. The Balaban J connectivity index is 1.64. The number of carbonyl (C=O) groups excluding carboxylic acids is 3. The van der Waals surface area contributed by atoms with Gasteiger partial charge in [0.15, 0.2) is 11.0 Å². The van der Waals surface area contributed by atoms with Crippen molar-refractivity contribution in [1.82, 2.24) is 29.5 Å². The van der Waals surface area contributed by atoms with Crippen molar-refractivity contribution in [3.63, 3.8) is 0 Å². The molecule has 0 saturated carbocycles. The van der Waals surface area contributed by atoms with Crippen LogP contribution in [0.1, 0.15) is 34.7 Å². The number of amides is 3. The summed E-state index contributed by atoms with van der Waals surface area (Å²) < 4.78 is 14.4. The SMILES string of the molecule is CC1C(=O)N(C(=O)N(C)C)CC1c1nc(SCc2ccc(F)cc2)n(C(=O)c2cscn2)n1. The van der Waals surface area contributed by atoms with Gasteiger partial charge in [-0.1, -0.05) is 30.8 Å². The second-order valence-electron chi connectivity index (χ2n) is 7.78. The van der Waals surface area contributed by atoms with Crippen LogP contribution in [0.5, 0.6) is 0 Å². The second kappa shape index (κ2) is 9.40. The minimum absolute atomic E-state index is 0.133. The Hall–Kier alpha value is -3.12. The van der Waals surface area contributed by atoms with Gasteiger partial charge in [0.25, 0.3) is 5.91 Å². The molecule has 2 unspecified atom stereocenters. The molecule has 1 aliphatic heterocycles. The zero-order chi connectivity index (χ0) is 23.7. The highest BCUT2D eigenvalue weighted by atomic mass is 32.2. The Labute approximate surface area is 197 Å². The molecule has 0 spiro atoms. The van der Waals surface area contributed by atoms with E-state index < -0.39 is 23.8 Å². The first-order chi connectivity index (χ1) is 15.8. The summed E-state index contributed by atoms with van der Waals surface area (Å²) in [6, 6.07) is 5.66. The number of carbonyl (C=O) groups is 3. The lowest BCUT2D eigenvalue weighted by Crippen LogP contribution is -2.40. The van der Waals surface area contributed by atoms with Crippen LogP contribution in [-0.4, -0.2) is 68.0 Å². The lowest BCUT2D eigenvalue weighted by molar-refractivity contribution is -0.128. The molecule has 1 aliphatic rings. The Kier molecular flexibility index (Phi) is 6.56. The smallest absolute Gasteiger partial charge is 0.326 e. The Morgan fingerprint density at radius 2 is 2.00 bits per heavy atom. The van der Waals surface area contributed by atoms with E-state index in [0.717, 1.165) is 5.56 Å². The van der Waals surface area contributed by atoms with Gasteiger partial charge < -0.3 is 4.90 Å². The Bertz CT molecular complexity index is 1180. The zero-order valence-corrected chi connectivity index (χ0v) is 19.8. The molecule has 3 aromatic rings. The van der Waals surface area contributed by atoms with E-state index in [9.17, 15) is 18.8 Å². The largest absolute Gasteiger partial charge is 0.330 e. The standard InChI is InChI=1S/C21H21FN6O3S2/c1-12-15(8-27(18(12)29)21(31)26(2)3)17-24-20(33-9-13-4-6-14(22)7-5-13)28(25-17)19(30)16-10-32-11-23-16/h4-7,10-12,15H,8-9H2,1-3H3. The van der Waals surface area contributed by atoms with Crippen LogP contribution in [-0.2, 0) is 10.5 Å². The third-order valence-electron chi connectivity index (χ3n) is 5.30. The number of likely N-dealkylation sites (tertiary alicyclic amines) is 1. The highest BCUT2D eigenvalue weighted by molar-refractivity contribution is 7.98. The molecule has 0 N–H and O–H groups in total. The molecule has 0 bridgehead atoms. The summed E-state index contributed by atoms with van der Waals surface area (Å²) in [5, 5.41) is 6.39. The molecular weight excluding hydrogens is 467 g/mol. The van der Waals surface area contributed by atoms with Crippen molar-refractivity contribution >= 4 is 40.9 Å². The number of benzene rings is 1. The monoisotopic (exact) mass is 488 g/mol. The van der Waals surface area contributed by atoms with E-state index in [2.05, 4.69) is 15.1 Å². The minimum atomic E-state index is -0.519. The third kappa shape index (κ3) is 4.67. The first kappa shape index (κ1) is 23.1. The molecule has 33 heavy (non-hydrogen) atoms. The van der Waals surface area contributed by atoms with E-state index >= 15 is 0 Å². The Morgan fingerprint density at radius 1 is 1.27 bits per heavy atom. The molecule has 1 fully saturated rings. The van der Waals surface area contributed by atoms with Crippen LogP contribution in [0, 0.1) is 11.7 Å². The first-order valence-corrected chi connectivity index (χ1v) is 12.0. The van der Waals surface area contributed by atoms with Crippen molar-refractivity contribution in [3.8, 4) is 0 Å². The fraction of sp³-hybridized carbons (Fsp3) is 0.333. The maximum atomic E-state index is 13.2. The number of rotatable bonds is 5. The lowest BCUT2D eigenvalue weighted by Gasteiger charge is -2.19.